The number of aromatic nitrogens is 4. The quantitative estimate of drug-likeness (QED) is 0.868. The Morgan fingerprint density at radius 1 is 1.57 bits per heavy atom. The maximum atomic E-state index is 12.1. The lowest BCUT2D eigenvalue weighted by Gasteiger charge is -2.22. The molecular weight excluding hydrogens is 266 g/mol. The zero-order chi connectivity index (χ0) is 14.7. The Labute approximate surface area is 124 Å². The minimum absolute atomic E-state index is 0.110. The molecule has 1 amide bonds. The molecule has 0 radical (unpaired) electrons. The molecule has 3 rings (SSSR count). The van der Waals surface area contributed by atoms with Crippen molar-refractivity contribution < 1.29 is 4.79 Å². The number of carbonyl (C=O) groups is 1. The van der Waals surface area contributed by atoms with Gasteiger partial charge in [-0.1, -0.05) is 6.92 Å². The molecule has 1 aliphatic carbocycles. The van der Waals surface area contributed by atoms with Gasteiger partial charge in [-0.15, -0.1) is 0 Å². The number of fused-ring (bicyclic) bond motifs is 1. The summed E-state index contributed by atoms with van der Waals surface area (Å²) in [5.74, 6) is 1.14. The van der Waals surface area contributed by atoms with Crippen LogP contribution in [0.15, 0.2) is 18.6 Å². The maximum Gasteiger partial charge on any atom is 0.222 e. The Morgan fingerprint density at radius 3 is 3.33 bits per heavy atom. The number of aryl methyl sites for hydroxylation is 3. The minimum atomic E-state index is 0.110. The molecule has 0 bridgehead atoms. The molecule has 0 unspecified atom stereocenters. The van der Waals surface area contributed by atoms with Crippen LogP contribution in [0.5, 0.6) is 0 Å². The predicted octanol–water partition coefficient (Wildman–Crippen LogP) is 1.23. The molecule has 2 heterocycles. The third kappa shape index (κ3) is 3.15. The van der Waals surface area contributed by atoms with Gasteiger partial charge >= 0.3 is 0 Å². The van der Waals surface area contributed by atoms with Crippen LogP contribution in [0.2, 0.25) is 0 Å². The highest BCUT2D eigenvalue weighted by Crippen LogP contribution is 2.18. The zero-order valence-electron chi connectivity index (χ0n) is 12.3. The highest BCUT2D eigenvalue weighted by molar-refractivity contribution is 5.76. The minimum Gasteiger partial charge on any atom is -0.353 e. The van der Waals surface area contributed by atoms with Crippen molar-refractivity contribution in [3.63, 3.8) is 0 Å². The van der Waals surface area contributed by atoms with Crippen LogP contribution in [0.3, 0.4) is 0 Å². The normalized spacial score (nSPS) is 17.5. The van der Waals surface area contributed by atoms with Gasteiger partial charge in [-0.3, -0.25) is 9.89 Å². The second-order valence-electron chi connectivity index (χ2n) is 5.52. The van der Waals surface area contributed by atoms with Crippen molar-refractivity contribution in [1.82, 2.24) is 25.1 Å². The van der Waals surface area contributed by atoms with Crippen LogP contribution in [0.4, 0.5) is 0 Å². The van der Waals surface area contributed by atoms with Gasteiger partial charge in [-0.05, 0) is 18.4 Å². The van der Waals surface area contributed by atoms with Crippen LogP contribution in [0, 0.1) is 0 Å². The fourth-order valence-corrected chi connectivity index (χ4v) is 2.91. The number of amides is 1. The van der Waals surface area contributed by atoms with E-state index in [0.717, 1.165) is 37.2 Å². The Morgan fingerprint density at radius 2 is 2.48 bits per heavy atom. The van der Waals surface area contributed by atoms with Crippen LogP contribution in [-0.4, -0.2) is 31.7 Å². The molecule has 1 atom stereocenters. The van der Waals surface area contributed by atoms with E-state index in [1.807, 2.05) is 17.0 Å². The molecule has 2 aromatic rings. The van der Waals surface area contributed by atoms with Gasteiger partial charge in [-0.25, -0.2) is 4.98 Å². The van der Waals surface area contributed by atoms with Crippen molar-refractivity contribution in [2.24, 2.45) is 0 Å². The number of carbonyl (C=O) groups excluding carboxylic acids is 1. The zero-order valence-corrected chi connectivity index (χ0v) is 12.3. The summed E-state index contributed by atoms with van der Waals surface area (Å²) in [5, 5.41) is 10.2. The maximum absolute atomic E-state index is 12.1. The van der Waals surface area contributed by atoms with Crippen molar-refractivity contribution in [3.8, 4) is 0 Å². The van der Waals surface area contributed by atoms with Crippen LogP contribution < -0.4 is 5.32 Å². The molecule has 0 spiro atoms. The van der Waals surface area contributed by atoms with Crippen molar-refractivity contribution >= 4 is 5.91 Å². The van der Waals surface area contributed by atoms with Crippen molar-refractivity contribution in [1.29, 1.82) is 0 Å². The predicted molar refractivity (Wildman–Crippen MR) is 78.8 cm³/mol. The van der Waals surface area contributed by atoms with E-state index in [1.54, 1.807) is 6.20 Å². The molecule has 2 N–H and O–H groups in total. The summed E-state index contributed by atoms with van der Waals surface area (Å²) >= 11 is 0. The van der Waals surface area contributed by atoms with Crippen LogP contribution in [-0.2, 0) is 30.6 Å². The summed E-state index contributed by atoms with van der Waals surface area (Å²) in [6, 6.07) is 0.221. The van der Waals surface area contributed by atoms with Crippen molar-refractivity contribution in [2.75, 3.05) is 0 Å². The standard InChI is InChI=1S/C15H21N5O/c1-2-14-16-6-8-20(14)7-5-15(21)18-12-4-3-11-10-17-19-13(11)9-12/h6,8,10,12H,2-5,7,9H2,1H3,(H,17,19)(H,18,21)/t12-/m1/s1. The van der Waals surface area contributed by atoms with E-state index in [1.165, 1.54) is 5.56 Å². The van der Waals surface area contributed by atoms with Gasteiger partial charge < -0.3 is 9.88 Å². The van der Waals surface area contributed by atoms with Crippen molar-refractivity contribution in [3.05, 3.63) is 35.7 Å². The molecule has 0 aliphatic heterocycles. The number of rotatable bonds is 5. The van der Waals surface area contributed by atoms with E-state index in [4.69, 9.17) is 0 Å². The summed E-state index contributed by atoms with van der Waals surface area (Å²) in [6.07, 6.45) is 9.82. The lowest BCUT2D eigenvalue weighted by molar-refractivity contribution is -0.122. The van der Waals surface area contributed by atoms with E-state index in [2.05, 4.69) is 27.4 Å². The molecule has 2 aromatic heterocycles. The third-order valence-corrected chi connectivity index (χ3v) is 4.08. The molecule has 112 valence electrons. The monoisotopic (exact) mass is 287 g/mol. The SMILES string of the molecule is CCc1nccn1CCC(=O)N[C@@H]1CCc2cn[nH]c2C1. The summed E-state index contributed by atoms with van der Waals surface area (Å²) in [5.41, 5.74) is 2.45. The number of nitrogens with zero attached hydrogens (tertiary/aromatic N) is 3. The number of aromatic amines is 1. The van der Waals surface area contributed by atoms with Gasteiger partial charge in [0, 0.05) is 49.9 Å². The highest BCUT2D eigenvalue weighted by Gasteiger charge is 2.21. The Kier molecular flexibility index (Phi) is 4.03. The second-order valence-corrected chi connectivity index (χ2v) is 5.52. The van der Waals surface area contributed by atoms with E-state index >= 15 is 0 Å². The number of H-pyrrole nitrogens is 1. The van der Waals surface area contributed by atoms with Gasteiger partial charge in [0.2, 0.25) is 5.91 Å². The largest absolute Gasteiger partial charge is 0.353 e. The molecule has 0 fully saturated rings. The van der Waals surface area contributed by atoms with Gasteiger partial charge in [0.15, 0.2) is 0 Å². The first-order valence-electron chi connectivity index (χ1n) is 7.56. The summed E-state index contributed by atoms with van der Waals surface area (Å²) in [4.78, 5) is 16.4. The lowest BCUT2D eigenvalue weighted by Crippen LogP contribution is -2.39. The van der Waals surface area contributed by atoms with Gasteiger partial charge in [0.05, 0.1) is 6.20 Å². The summed E-state index contributed by atoms with van der Waals surface area (Å²) in [6.45, 7) is 2.76. The molecule has 0 saturated heterocycles. The van der Waals surface area contributed by atoms with E-state index < -0.39 is 0 Å². The molecule has 0 aromatic carbocycles. The van der Waals surface area contributed by atoms with E-state index in [9.17, 15) is 4.79 Å². The molecule has 0 saturated carbocycles. The smallest absolute Gasteiger partial charge is 0.222 e. The van der Waals surface area contributed by atoms with E-state index in [-0.39, 0.29) is 11.9 Å². The third-order valence-electron chi connectivity index (χ3n) is 4.08. The highest BCUT2D eigenvalue weighted by atomic mass is 16.1. The fraction of sp³-hybridized carbons (Fsp3) is 0.533. The lowest BCUT2D eigenvalue weighted by atomic mass is 9.94. The Balaban J connectivity index is 1.49. The summed E-state index contributed by atoms with van der Waals surface area (Å²) in [7, 11) is 0. The second kappa shape index (κ2) is 6.11. The molecule has 6 nitrogen and oxygen atoms in total. The van der Waals surface area contributed by atoms with Gasteiger partial charge in [-0.2, -0.15) is 5.10 Å². The number of imidazole rings is 1. The molecule has 1 aliphatic rings. The first kappa shape index (κ1) is 13.9. The van der Waals surface area contributed by atoms with Crippen LogP contribution in [0.25, 0.3) is 0 Å². The Bertz CT molecular complexity index is 615. The van der Waals surface area contributed by atoms with Crippen molar-refractivity contribution in [2.45, 2.75) is 51.6 Å². The number of hydrogen-bond acceptors (Lipinski definition) is 3. The number of hydrogen-bond donors (Lipinski definition) is 2. The van der Waals surface area contributed by atoms with E-state index in [0.29, 0.717) is 13.0 Å². The first-order chi connectivity index (χ1) is 10.3. The van der Waals surface area contributed by atoms with Gasteiger partial charge in [0.1, 0.15) is 5.82 Å². The van der Waals surface area contributed by atoms with Gasteiger partial charge in [0.25, 0.3) is 0 Å². The molecule has 21 heavy (non-hydrogen) atoms. The average Bonchev–Trinajstić information content (AvgIpc) is 3.13. The molecular formula is C15H21N5O. The van der Waals surface area contributed by atoms with Crippen LogP contribution in [0.1, 0.15) is 36.8 Å². The molecule has 6 heteroatoms. The average molecular weight is 287 g/mol. The number of nitrogens with one attached hydrogen (secondary N) is 2. The Hall–Kier alpha value is -2.11. The topological polar surface area (TPSA) is 75.6 Å². The first-order valence-corrected chi connectivity index (χ1v) is 7.56. The fourth-order valence-electron chi connectivity index (χ4n) is 2.91. The summed E-state index contributed by atoms with van der Waals surface area (Å²) < 4.78 is 2.05. The van der Waals surface area contributed by atoms with Crippen LogP contribution >= 0.6 is 0 Å².